The molecule has 0 aliphatic carbocycles. The van der Waals surface area contributed by atoms with E-state index in [2.05, 4.69) is 37.4 Å². The lowest BCUT2D eigenvalue weighted by Crippen LogP contribution is -2.59. The molecule has 1 fully saturated rings. The highest BCUT2D eigenvalue weighted by atomic mass is 16.2. The number of fused-ring (bicyclic) bond motifs is 1. The van der Waals surface area contributed by atoms with E-state index in [-0.39, 0.29) is 11.4 Å². The Morgan fingerprint density at radius 2 is 2.15 bits per heavy atom. The van der Waals surface area contributed by atoms with Gasteiger partial charge in [0, 0.05) is 12.2 Å². The fourth-order valence-electron chi connectivity index (χ4n) is 3.59. The first kappa shape index (κ1) is 13.6. The summed E-state index contributed by atoms with van der Waals surface area (Å²) in [4.78, 5) is 15.1. The smallest absolute Gasteiger partial charge is 0.247 e. The Hall–Kier alpha value is -1.35. The fourth-order valence-corrected chi connectivity index (χ4v) is 3.59. The maximum atomic E-state index is 13.1. The second-order valence-corrected chi connectivity index (χ2v) is 6.36. The molecule has 1 aromatic carbocycles. The highest BCUT2D eigenvalue weighted by molar-refractivity contribution is 6.01. The van der Waals surface area contributed by atoms with E-state index < -0.39 is 0 Å². The van der Waals surface area contributed by atoms with Crippen LogP contribution in [0.3, 0.4) is 0 Å². The van der Waals surface area contributed by atoms with E-state index in [1.54, 1.807) is 0 Å². The molecule has 2 aliphatic heterocycles. The van der Waals surface area contributed by atoms with E-state index >= 15 is 0 Å². The molecule has 1 N–H and O–H groups in total. The maximum absolute atomic E-state index is 13.1. The molecule has 0 aromatic heterocycles. The first-order chi connectivity index (χ1) is 9.62. The van der Waals surface area contributed by atoms with Gasteiger partial charge in [0.1, 0.15) is 0 Å². The minimum Gasteiger partial charge on any atom is -0.310 e. The van der Waals surface area contributed by atoms with Gasteiger partial charge in [0.2, 0.25) is 5.91 Å². The minimum atomic E-state index is -0.380. The molecule has 1 saturated heterocycles. The van der Waals surface area contributed by atoms with Crippen LogP contribution in [0.25, 0.3) is 0 Å². The second kappa shape index (κ2) is 5.21. The van der Waals surface area contributed by atoms with Gasteiger partial charge in [0.15, 0.2) is 0 Å². The van der Waals surface area contributed by atoms with Crippen LogP contribution in [-0.4, -0.2) is 24.5 Å². The van der Waals surface area contributed by atoms with Crippen LogP contribution in [0.2, 0.25) is 0 Å². The van der Waals surface area contributed by atoms with Gasteiger partial charge in [-0.3, -0.25) is 4.79 Å². The zero-order valence-corrected chi connectivity index (χ0v) is 12.5. The third kappa shape index (κ3) is 2.24. The molecule has 2 heterocycles. The first-order valence-corrected chi connectivity index (χ1v) is 7.77. The summed E-state index contributed by atoms with van der Waals surface area (Å²) in [5.41, 5.74) is 3.33. The van der Waals surface area contributed by atoms with Crippen LogP contribution in [0.4, 0.5) is 5.69 Å². The minimum absolute atomic E-state index is 0.257. The van der Waals surface area contributed by atoms with E-state index in [0.29, 0.717) is 0 Å². The predicted molar refractivity (Wildman–Crippen MR) is 82.1 cm³/mol. The number of amides is 1. The van der Waals surface area contributed by atoms with Gasteiger partial charge in [0.05, 0.1) is 5.54 Å². The second-order valence-electron chi connectivity index (χ2n) is 6.36. The molecule has 0 radical (unpaired) electrons. The topological polar surface area (TPSA) is 32.3 Å². The number of carbonyl (C=O) groups excluding carboxylic acids is 1. The van der Waals surface area contributed by atoms with Crippen molar-refractivity contribution in [2.24, 2.45) is 0 Å². The molecule has 0 spiro atoms. The number of hydrogen-bond donors (Lipinski definition) is 1. The summed E-state index contributed by atoms with van der Waals surface area (Å²) in [5, 5.41) is 3.45. The van der Waals surface area contributed by atoms with Gasteiger partial charge in [-0.2, -0.15) is 0 Å². The van der Waals surface area contributed by atoms with Crippen LogP contribution in [0.15, 0.2) is 18.2 Å². The largest absolute Gasteiger partial charge is 0.310 e. The average Bonchev–Trinajstić information content (AvgIpc) is 2.47. The molecular weight excluding hydrogens is 248 g/mol. The van der Waals surface area contributed by atoms with Crippen LogP contribution in [-0.2, 0) is 11.2 Å². The molecule has 1 amide bonds. The average molecular weight is 272 g/mol. The SMILES string of the molecule is Cc1cccc2c1N(C(=O)C1(C)CCCCN1)CCC2. The first-order valence-electron chi connectivity index (χ1n) is 7.77. The van der Waals surface area contributed by atoms with Crippen LogP contribution >= 0.6 is 0 Å². The molecule has 1 aromatic rings. The Kier molecular flexibility index (Phi) is 3.55. The normalized spacial score (nSPS) is 26.2. The van der Waals surface area contributed by atoms with E-state index in [1.807, 2.05) is 4.90 Å². The van der Waals surface area contributed by atoms with Crippen LogP contribution in [0, 0.1) is 6.92 Å². The number of aryl methyl sites for hydroxylation is 2. The summed E-state index contributed by atoms with van der Waals surface area (Å²) in [7, 11) is 0. The molecule has 108 valence electrons. The summed E-state index contributed by atoms with van der Waals surface area (Å²) < 4.78 is 0. The highest BCUT2D eigenvalue weighted by Crippen LogP contribution is 2.33. The molecule has 2 aliphatic rings. The van der Waals surface area contributed by atoms with Gasteiger partial charge in [-0.1, -0.05) is 18.2 Å². The Morgan fingerprint density at radius 3 is 2.90 bits per heavy atom. The third-order valence-electron chi connectivity index (χ3n) is 4.75. The van der Waals surface area contributed by atoms with E-state index in [9.17, 15) is 4.79 Å². The molecular formula is C17H24N2O. The van der Waals surface area contributed by atoms with Crippen LogP contribution < -0.4 is 10.2 Å². The fraction of sp³-hybridized carbons (Fsp3) is 0.588. The highest BCUT2D eigenvalue weighted by Gasteiger charge is 2.39. The number of carbonyl (C=O) groups is 1. The quantitative estimate of drug-likeness (QED) is 0.852. The van der Waals surface area contributed by atoms with Crippen molar-refractivity contribution in [1.82, 2.24) is 5.32 Å². The zero-order chi connectivity index (χ0) is 14.2. The predicted octanol–water partition coefficient (Wildman–Crippen LogP) is 2.81. The van der Waals surface area contributed by atoms with Crippen molar-refractivity contribution in [2.75, 3.05) is 18.0 Å². The Labute approximate surface area is 121 Å². The number of rotatable bonds is 1. The van der Waals surface area contributed by atoms with Crippen molar-refractivity contribution in [3.05, 3.63) is 29.3 Å². The third-order valence-corrected chi connectivity index (χ3v) is 4.75. The lowest BCUT2D eigenvalue weighted by Gasteiger charge is -2.40. The summed E-state index contributed by atoms with van der Waals surface area (Å²) in [6.07, 6.45) is 5.43. The number of anilines is 1. The molecule has 0 bridgehead atoms. The summed E-state index contributed by atoms with van der Waals surface area (Å²) in [6, 6.07) is 6.38. The van der Waals surface area contributed by atoms with Gasteiger partial charge in [0.25, 0.3) is 0 Å². The number of benzene rings is 1. The maximum Gasteiger partial charge on any atom is 0.247 e. The van der Waals surface area contributed by atoms with Gasteiger partial charge < -0.3 is 10.2 Å². The lowest BCUT2D eigenvalue weighted by molar-refractivity contribution is -0.125. The lowest BCUT2D eigenvalue weighted by atomic mass is 9.87. The van der Waals surface area contributed by atoms with Crippen molar-refractivity contribution < 1.29 is 4.79 Å². The van der Waals surface area contributed by atoms with Gasteiger partial charge in [-0.05, 0) is 63.6 Å². The van der Waals surface area contributed by atoms with Crippen molar-refractivity contribution >= 4 is 11.6 Å². The molecule has 3 rings (SSSR count). The number of piperidine rings is 1. The van der Waals surface area contributed by atoms with Gasteiger partial charge in [-0.25, -0.2) is 0 Å². The Morgan fingerprint density at radius 1 is 1.30 bits per heavy atom. The molecule has 20 heavy (non-hydrogen) atoms. The number of nitrogens with one attached hydrogen (secondary N) is 1. The van der Waals surface area contributed by atoms with E-state index in [1.165, 1.54) is 17.5 Å². The zero-order valence-electron chi connectivity index (χ0n) is 12.5. The number of hydrogen-bond acceptors (Lipinski definition) is 2. The van der Waals surface area contributed by atoms with E-state index in [0.717, 1.165) is 44.5 Å². The van der Waals surface area contributed by atoms with Crippen molar-refractivity contribution in [1.29, 1.82) is 0 Å². The molecule has 3 heteroatoms. The summed E-state index contributed by atoms with van der Waals surface area (Å²) in [5.74, 6) is 0.257. The van der Waals surface area contributed by atoms with Crippen molar-refractivity contribution in [2.45, 2.75) is 51.5 Å². The molecule has 1 atom stereocenters. The van der Waals surface area contributed by atoms with Crippen LogP contribution in [0.1, 0.15) is 43.7 Å². The van der Waals surface area contributed by atoms with Gasteiger partial charge >= 0.3 is 0 Å². The van der Waals surface area contributed by atoms with Crippen molar-refractivity contribution in [3.63, 3.8) is 0 Å². The summed E-state index contributed by atoms with van der Waals surface area (Å²) >= 11 is 0. The Bertz CT molecular complexity index is 518. The number of nitrogens with zero attached hydrogens (tertiary/aromatic N) is 1. The van der Waals surface area contributed by atoms with Crippen LogP contribution in [0.5, 0.6) is 0 Å². The molecule has 0 saturated carbocycles. The molecule has 3 nitrogen and oxygen atoms in total. The van der Waals surface area contributed by atoms with E-state index in [4.69, 9.17) is 0 Å². The summed E-state index contributed by atoms with van der Waals surface area (Å²) in [6.45, 7) is 5.99. The monoisotopic (exact) mass is 272 g/mol. The number of para-hydroxylation sites is 1. The standard InChI is InChI=1S/C17H24N2O/c1-13-7-5-8-14-9-6-12-19(15(13)14)16(20)17(2)10-3-4-11-18-17/h5,7-8,18H,3-4,6,9-12H2,1-2H3. The van der Waals surface area contributed by atoms with Crippen molar-refractivity contribution in [3.8, 4) is 0 Å². The Balaban J connectivity index is 1.94. The molecule has 1 unspecified atom stereocenters. The van der Waals surface area contributed by atoms with Gasteiger partial charge in [-0.15, -0.1) is 0 Å².